The van der Waals surface area contributed by atoms with Crippen molar-refractivity contribution in [3.8, 4) is 5.75 Å². The number of benzene rings is 1. The topological polar surface area (TPSA) is 97.2 Å². The number of amides is 1. The molecule has 0 spiro atoms. The summed E-state index contributed by atoms with van der Waals surface area (Å²) in [6.07, 6.45) is -4.54. The van der Waals surface area contributed by atoms with E-state index < -0.39 is 23.8 Å². The molecule has 0 bridgehead atoms. The van der Waals surface area contributed by atoms with E-state index in [0.717, 1.165) is 12.1 Å². The Balaban J connectivity index is 1.85. The number of aromatic amines is 1. The molecule has 0 aliphatic carbocycles. The van der Waals surface area contributed by atoms with Gasteiger partial charge in [-0.1, -0.05) is 5.16 Å². The van der Waals surface area contributed by atoms with Crippen LogP contribution in [0, 0.1) is 0 Å². The van der Waals surface area contributed by atoms with Crippen LogP contribution in [0.25, 0.3) is 0 Å². The maximum Gasteiger partial charge on any atom is 0.573 e. The van der Waals surface area contributed by atoms with E-state index in [4.69, 9.17) is 0 Å². The predicted octanol–water partition coefficient (Wildman–Crippen LogP) is 1.23. The highest BCUT2D eigenvalue weighted by Crippen LogP contribution is 2.22. The Hall–Kier alpha value is -2.78. The first-order valence-corrected chi connectivity index (χ1v) is 6.02. The molecule has 118 valence electrons. The normalized spacial score (nSPS) is 11.2. The molecule has 2 N–H and O–H groups in total. The second-order valence-electron chi connectivity index (χ2n) is 4.12. The molecule has 0 saturated heterocycles. The van der Waals surface area contributed by atoms with E-state index in [1.807, 2.05) is 0 Å². The zero-order valence-electron chi connectivity index (χ0n) is 10.9. The first-order chi connectivity index (χ1) is 10.3. The average Bonchev–Trinajstić information content (AvgIpc) is 2.83. The molecule has 0 unspecified atom stereocenters. The molecule has 0 fully saturated rings. The van der Waals surface area contributed by atoms with Gasteiger partial charge in [0.05, 0.1) is 0 Å². The molecule has 0 saturated carbocycles. The van der Waals surface area contributed by atoms with Crippen LogP contribution in [-0.4, -0.2) is 29.0 Å². The van der Waals surface area contributed by atoms with Crippen LogP contribution in [0.4, 0.5) is 13.2 Å². The van der Waals surface area contributed by atoms with Gasteiger partial charge < -0.3 is 10.1 Å². The summed E-state index contributed by atoms with van der Waals surface area (Å²) < 4.78 is 43.9. The third-order valence-corrected chi connectivity index (χ3v) is 2.48. The van der Waals surface area contributed by atoms with Crippen molar-refractivity contribution in [3.63, 3.8) is 0 Å². The molecule has 1 amide bonds. The summed E-state index contributed by atoms with van der Waals surface area (Å²) in [6.45, 7) is 0.169. The third kappa shape index (κ3) is 4.65. The van der Waals surface area contributed by atoms with Crippen molar-refractivity contribution in [2.45, 2.75) is 12.8 Å². The van der Waals surface area contributed by atoms with Gasteiger partial charge in [0.1, 0.15) is 5.75 Å². The molecular formula is C12H10F3N3O4. The number of H-pyrrole nitrogens is 1. The van der Waals surface area contributed by atoms with Crippen molar-refractivity contribution >= 4 is 5.91 Å². The fourth-order valence-electron chi connectivity index (χ4n) is 1.57. The summed E-state index contributed by atoms with van der Waals surface area (Å²) >= 11 is 0. The highest BCUT2D eigenvalue weighted by atomic mass is 19.4. The van der Waals surface area contributed by atoms with Gasteiger partial charge in [0.25, 0.3) is 5.91 Å². The van der Waals surface area contributed by atoms with Gasteiger partial charge in [-0.25, -0.2) is 4.79 Å². The number of nitrogens with zero attached hydrogens (tertiary/aromatic N) is 1. The summed E-state index contributed by atoms with van der Waals surface area (Å²) in [5.41, 5.74) is 0.170. The van der Waals surface area contributed by atoms with E-state index in [1.165, 1.54) is 12.1 Å². The Morgan fingerprint density at radius 2 is 2.00 bits per heavy atom. The van der Waals surface area contributed by atoms with E-state index in [0.29, 0.717) is 0 Å². The van der Waals surface area contributed by atoms with Gasteiger partial charge in [0, 0.05) is 18.5 Å². The molecule has 22 heavy (non-hydrogen) atoms. The molecule has 7 nitrogen and oxygen atoms in total. The number of nitrogens with one attached hydrogen (secondary N) is 2. The molecular weight excluding hydrogens is 307 g/mol. The lowest BCUT2D eigenvalue weighted by Crippen LogP contribution is -2.26. The quantitative estimate of drug-likeness (QED) is 0.864. The van der Waals surface area contributed by atoms with Gasteiger partial charge in [0.15, 0.2) is 5.82 Å². The Morgan fingerprint density at radius 1 is 1.32 bits per heavy atom. The van der Waals surface area contributed by atoms with E-state index in [9.17, 15) is 22.8 Å². The van der Waals surface area contributed by atoms with Crippen molar-refractivity contribution in [3.05, 3.63) is 46.2 Å². The van der Waals surface area contributed by atoms with Crippen molar-refractivity contribution in [2.75, 3.05) is 6.54 Å². The minimum atomic E-state index is -4.78. The van der Waals surface area contributed by atoms with Crippen LogP contribution in [-0.2, 0) is 6.42 Å². The van der Waals surface area contributed by atoms with Crippen LogP contribution in [0.5, 0.6) is 5.75 Å². The van der Waals surface area contributed by atoms with Crippen LogP contribution < -0.4 is 15.8 Å². The number of rotatable bonds is 5. The average molecular weight is 317 g/mol. The Labute approximate surface area is 121 Å². The summed E-state index contributed by atoms with van der Waals surface area (Å²) in [6, 6.07) is 4.48. The lowest BCUT2D eigenvalue weighted by molar-refractivity contribution is -0.274. The number of ether oxygens (including phenoxy) is 1. The molecule has 1 heterocycles. The highest BCUT2D eigenvalue weighted by Gasteiger charge is 2.31. The largest absolute Gasteiger partial charge is 0.573 e. The fourth-order valence-corrected chi connectivity index (χ4v) is 1.57. The number of aromatic nitrogens is 2. The van der Waals surface area contributed by atoms with Crippen molar-refractivity contribution in [2.24, 2.45) is 0 Å². The second kappa shape index (κ2) is 6.33. The minimum Gasteiger partial charge on any atom is -0.406 e. The summed E-state index contributed by atoms with van der Waals surface area (Å²) in [5, 5.41) is 5.93. The first kappa shape index (κ1) is 15.6. The second-order valence-corrected chi connectivity index (χ2v) is 4.12. The van der Waals surface area contributed by atoms with E-state index in [-0.39, 0.29) is 24.4 Å². The maximum absolute atomic E-state index is 12.0. The van der Waals surface area contributed by atoms with Crippen LogP contribution >= 0.6 is 0 Å². The third-order valence-electron chi connectivity index (χ3n) is 2.48. The molecule has 0 radical (unpaired) electrons. The number of carbonyl (C=O) groups is 1. The number of hydrogen-bond donors (Lipinski definition) is 2. The molecule has 0 aliphatic rings. The summed E-state index contributed by atoms with van der Waals surface area (Å²) in [5.74, 6) is -1.31. The highest BCUT2D eigenvalue weighted by molar-refractivity contribution is 5.94. The van der Waals surface area contributed by atoms with E-state index in [1.54, 1.807) is 0 Å². The van der Waals surface area contributed by atoms with Gasteiger partial charge in [-0.15, -0.1) is 13.2 Å². The molecule has 10 heteroatoms. The Morgan fingerprint density at radius 3 is 2.55 bits per heavy atom. The zero-order valence-corrected chi connectivity index (χ0v) is 10.9. The summed E-state index contributed by atoms with van der Waals surface area (Å²) in [4.78, 5) is 24.7. The molecule has 2 rings (SSSR count). The predicted molar refractivity (Wildman–Crippen MR) is 66.3 cm³/mol. The fraction of sp³-hybridized carbons (Fsp3) is 0.250. The van der Waals surface area contributed by atoms with Gasteiger partial charge in [-0.2, -0.15) is 0 Å². The SMILES string of the molecule is O=C(NCCc1noc(=O)[nH]1)c1ccc(OC(F)(F)F)cc1. The van der Waals surface area contributed by atoms with Crippen molar-refractivity contribution < 1.29 is 27.2 Å². The maximum atomic E-state index is 12.0. The Kier molecular flexibility index (Phi) is 4.49. The van der Waals surface area contributed by atoms with Gasteiger partial charge >= 0.3 is 12.1 Å². The lowest BCUT2D eigenvalue weighted by atomic mass is 10.2. The molecule has 0 atom stereocenters. The number of hydrogen-bond acceptors (Lipinski definition) is 5. The van der Waals surface area contributed by atoms with E-state index in [2.05, 4.69) is 24.7 Å². The number of halogens is 3. The van der Waals surface area contributed by atoms with Gasteiger partial charge in [-0.3, -0.25) is 14.3 Å². The van der Waals surface area contributed by atoms with Crippen LogP contribution in [0.1, 0.15) is 16.2 Å². The van der Waals surface area contributed by atoms with Crippen molar-refractivity contribution in [1.29, 1.82) is 0 Å². The van der Waals surface area contributed by atoms with Crippen molar-refractivity contribution in [1.82, 2.24) is 15.5 Å². The van der Waals surface area contributed by atoms with Crippen LogP contribution in [0.2, 0.25) is 0 Å². The molecule has 1 aromatic heterocycles. The van der Waals surface area contributed by atoms with Gasteiger partial charge in [-0.05, 0) is 24.3 Å². The molecule has 2 aromatic rings. The standard InChI is InChI=1S/C12H10F3N3O4/c13-12(14,15)21-8-3-1-7(2-4-8)10(19)16-6-5-9-17-11(20)22-18-9/h1-4H,5-6H2,(H,16,19)(H,17,18,20). The zero-order chi connectivity index (χ0) is 16.2. The Bertz CT molecular complexity index is 691. The minimum absolute atomic E-state index is 0.169. The molecule has 0 aliphatic heterocycles. The smallest absolute Gasteiger partial charge is 0.406 e. The monoisotopic (exact) mass is 317 g/mol. The van der Waals surface area contributed by atoms with Crippen LogP contribution in [0.15, 0.2) is 33.6 Å². The molecule has 1 aromatic carbocycles. The van der Waals surface area contributed by atoms with Gasteiger partial charge in [0.2, 0.25) is 0 Å². The van der Waals surface area contributed by atoms with Crippen LogP contribution in [0.3, 0.4) is 0 Å². The summed E-state index contributed by atoms with van der Waals surface area (Å²) in [7, 11) is 0. The number of alkyl halides is 3. The lowest BCUT2D eigenvalue weighted by Gasteiger charge is -2.09. The van der Waals surface area contributed by atoms with E-state index >= 15 is 0 Å². The first-order valence-electron chi connectivity index (χ1n) is 6.02. The number of carbonyl (C=O) groups excluding carboxylic acids is 1.